The molecular formula is C15H24N2O5. The van der Waals surface area contributed by atoms with Gasteiger partial charge in [0.2, 0.25) is 5.43 Å². The van der Waals surface area contributed by atoms with E-state index in [-0.39, 0.29) is 6.61 Å². The molecule has 0 radical (unpaired) electrons. The van der Waals surface area contributed by atoms with Gasteiger partial charge in [-0.2, -0.15) is 0 Å². The lowest BCUT2D eigenvalue weighted by Crippen LogP contribution is -2.29. The van der Waals surface area contributed by atoms with E-state index in [1.807, 2.05) is 6.92 Å². The summed E-state index contributed by atoms with van der Waals surface area (Å²) >= 11 is 0. The lowest BCUT2D eigenvalue weighted by Gasteiger charge is -2.23. The molecule has 7 heteroatoms. The molecule has 1 atom stereocenters. The maximum absolute atomic E-state index is 11.7. The van der Waals surface area contributed by atoms with Crippen molar-refractivity contribution in [2.24, 2.45) is 0 Å². The first-order valence-electron chi connectivity index (χ1n) is 7.36. The zero-order chi connectivity index (χ0) is 16.7. The van der Waals surface area contributed by atoms with Crippen LogP contribution in [0.3, 0.4) is 0 Å². The summed E-state index contributed by atoms with van der Waals surface area (Å²) in [7, 11) is 1.76. The van der Waals surface area contributed by atoms with Gasteiger partial charge in [0, 0.05) is 24.8 Å². The quantitative estimate of drug-likeness (QED) is 0.623. The van der Waals surface area contributed by atoms with Crippen LogP contribution in [0.2, 0.25) is 0 Å². The van der Waals surface area contributed by atoms with Crippen LogP contribution >= 0.6 is 0 Å². The molecule has 0 aliphatic rings. The molecule has 1 heterocycles. The summed E-state index contributed by atoms with van der Waals surface area (Å²) in [6.45, 7) is 2.66. The monoisotopic (exact) mass is 312 g/mol. The number of carbonyl (C=O) groups is 1. The molecule has 7 nitrogen and oxygen atoms in total. The summed E-state index contributed by atoms with van der Waals surface area (Å²) in [5, 5.41) is 28.0. The molecule has 0 aliphatic carbocycles. The van der Waals surface area contributed by atoms with Crippen molar-refractivity contribution in [2.75, 3.05) is 20.2 Å². The first-order valence-corrected chi connectivity index (χ1v) is 7.36. The Hall–Kier alpha value is -1.86. The Morgan fingerprint density at radius 2 is 2.14 bits per heavy atom. The number of pyridine rings is 1. The molecular weight excluding hydrogens is 288 g/mol. The van der Waals surface area contributed by atoms with E-state index in [2.05, 4.69) is 0 Å². The molecule has 0 saturated heterocycles. The molecule has 0 aromatic carbocycles. The largest absolute Gasteiger partial charge is 0.503 e. The van der Waals surface area contributed by atoms with Gasteiger partial charge in [-0.25, -0.2) is 4.79 Å². The summed E-state index contributed by atoms with van der Waals surface area (Å²) in [6, 6.07) is 0.425. The number of likely N-dealkylation sites (N-methyl/N-ethyl adjacent to an activating group) is 1. The number of hydrogen-bond donors (Lipinski definition) is 3. The Bertz CT molecular complexity index is 555. The van der Waals surface area contributed by atoms with Crippen LogP contribution in [0.25, 0.3) is 0 Å². The predicted molar refractivity (Wildman–Crippen MR) is 82.0 cm³/mol. The molecule has 0 aliphatic heterocycles. The number of carboxylic acid groups (broad SMARTS) is 1. The van der Waals surface area contributed by atoms with E-state index in [1.54, 1.807) is 11.9 Å². The van der Waals surface area contributed by atoms with Crippen molar-refractivity contribution in [3.8, 4) is 5.75 Å². The fraction of sp³-hybridized carbons (Fsp3) is 0.600. The van der Waals surface area contributed by atoms with Gasteiger partial charge < -0.3 is 19.9 Å². The molecule has 0 amide bonds. The zero-order valence-corrected chi connectivity index (χ0v) is 13.0. The van der Waals surface area contributed by atoms with Crippen molar-refractivity contribution in [1.29, 1.82) is 0 Å². The first-order chi connectivity index (χ1) is 10.4. The number of nitrogens with zero attached hydrogens (tertiary/aromatic N) is 2. The number of aromatic hydroxyl groups is 1. The van der Waals surface area contributed by atoms with Gasteiger partial charge in [0.05, 0.1) is 12.8 Å². The number of rotatable bonds is 9. The molecule has 0 saturated carbocycles. The number of unbranched alkanes of at least 4 members (excludes halogenated alkanes) is 1. The zero-order valence-electron chi connectivity index (χ0n) is 13.0. The standard InChI is InChI=1S/C15H24N2O5/c1-3-4-5-12(15(21)22)17-10-14(20)13(19)8-11(17)9-16(2)6-7-18/h8,10,12,18,20H,3-7,9H2,1-2H3,(H,21,22). The van der Waals surface area contributed by atoms with Crippen molar-refractivity contribution in [3.63, 3.8) is 0 Å². The van der Waals surface area contributed by atoms with Crippen LogP contribution in [-0.4, -0.2) is 51.0 Å². The summed E-state index contributed by atoms with van der Waals surface area (Å²) in [5.74, 6) is -1.46. The highest BCUT2D eigenvalue weighted by atomic mass is 16.4. The number of hydrogen-bond acceptors (Lipinski definition) is 5. The molecule has 0 spiro atoms. The Kier molecular flexibility index (Phi) is 7.07. The Morgan fingerprint density at radius 1 is 1.45 bits per heavy atom. The third-order valence-corrected chi connectivity index (χ3v) is 3.51. The maximum Gasteiger partial charge on any atom is 0.326 e. The van der Waals surface area contributed by atoms with Crippen LogP contribution < -0.4 is 5.43 Å². The summed E-state index contributed by atoms with van der Waals surface area (Å²) in [4.78, 5) is 25.0. The molecule has 1 unspecified atom stereocenters. The summed E-state index contributed by atoms with van der Waals surface area (Å²) < 4.78 is 1.45. The lowest BCUT2D eigenvalue weighted by atomic mass is 10.1. The number of carboxylic acids is 1. The number of aliphatic hydroxyl groups excluding tert-OH is 1. The molecule has 0 bridgehead atoms. The van der Waals surface area contributed by atoms with Crippen molar-refractivity contribution < 1.29 is 20.1 Å². The van der Waals surface area contributed by atoms with Gasteiger partial charge in [0.25, 0.3) is 0 Å². The van der Waals surface area contributed by atoms with E-state index in [9.17, 15) is 19.8 Å². The average Bonchev–Trinajstić information content (AvgIpc) is 2.44. The van der Waals surface area contributed by atoms with Gasteiger partial charge in [0.15, 0.2) is 5.75 Å². The first kappa shape index (κ1) is 18.2. The van der Waals surface area contributed by atoms with Crippen LogP contribution in [0.1, 0.15) is 37.9 Å². The van der Waals surface area contributed by atoms with E-state index < -0.39 is 23.2 Å². The third-order valence-electron chi connectivity index (χ3n) is 3.51. The second-order valence-electron chi connectivity index (χ2n) is 5.38. The second kappa shape index (κ2) is 8.55. The minimum atomic E-state index is -0.998. The van der Waals surface area contributed by atoms with Crippen LogP contribution in [-0.2, 0) is 11.3 Å². The van der Waals surface area contributed by atoms with E-state index in [4.69, 9.17) is 5.11 Å². The second-order valence-corrected chi connectivity index (χ2v) is 5.38. The van der Waals surface area contributed by atoms with E-state index in [0.29, 0.717) is 25.2 Å². The normalized spacial score (nSPS) is 12.5. The predicted octanol–water partition coefficient (Wildman–Crippen LogP) is 0.794. The third kappa shape index (κ3) is 4.85. The fourth-order valence-electron chi connectivity index (χ4n) is 2.30. The number of aliphatic carboxylic acids is 1. The average molecular weight is 312 g/mol. The summed E-state index contributed by atoms with van der Waals surface area (Å²) in [5.41, 5.74) is -0.0365. The Morgan fingerprint density at radius 3 is 2.68 bits per heavy atom. The van der Waals surface area contributed by atoms with Crippen LogP contribution in [0.5, 0.6) is 5.75 Å². The highest BCUT2D eigenvalue weighted by Crippen LogP contribution is 2.20. The van der Waals surface area contributed by atoms with Gasteiger partial charge in [0.1, 0.15) is 6.04 Å². The Balaban J connectivity index is 3.20. The maximum atomic E-state index is 11.7. The van der Waals surface area contributed by atoms with Gasteiger partial charge >= 0.3 is 5.97 Å². The molecule has 0 fully saturated rings. The van der Waals surface area contributed by atoms with Crippen molar-refractivity contribution >= 4 is 5.97 Å². The highest BCUT2D eigenvalue weighted by Gasteiger charge is 2.22. The van der Waals surface area contributed by atoms with Gasteiger partial charge in [-0.1, -0.05) is 19.8 Å². The smallest absolute Gasteiger partial charge is 0.326 e. The van der Waals surface area contributed by atoms with Gasteiger partial charge in [-0.3, -0.25) is 9.69 Å². The van der Waals surface area contributed by atoms with E-state index >= 15 is 0 Å². The van der Waals surface area contributed by atoms with E-state index in [1.165, 1.54) is 16.8 Å². The number of aliphatic hydroxyl groups is 1. The molecule has 1 aromatic heterocycles. The topological polar surface area (TPSA) is 103 Å². The van der Waals surface area contributed by atoms with Gasteiger partial charge in [-0.15, -0.1) is 0 Å². The minimum Gasteiger partial charge on any atom is -0.503 e. The van der Waals surface area contributed by atoms with Crippen LogP contribution in [0, 0.1) is 0 Å². The molecule has 1 rings (SSSR count). The van der Waals surface area contributed by atoms with Crippen LogP contribution in [0.15, 0.2) is 17.1 Å². The lowest BCUT2D eigenvalue weighted by molar-refractivity contribution is -0.141. The number of aromatic nitrogens is 1. The molecule has 3 N–H and O–H groups in total. The SMILES string of the molecule is CCCCC(C(=O)O)n1cc(O)c(=O)cc1CN(C)CCO. The van der Waals surface area contributed by atoms with Gasteiger partial charge in [-0.05, 0) is 13.5 Å². The van der Waals surface area contributed by atoms with Crippen molar-refractivity contribution in [2.45, 2.75) is 38.8 Å². The molecule has 124 valence electrons. The van der Waals surface area contributed by atoms with Crippen LogP contribution in [0.4, 0.5) is 0 Å². The molecule has 1 aromatic rings. The fourth-order valence-corrected chi connectivity index (χ4v) is 2.30. The van der Waals surface area contributed by atoms with Crippen molar-refractivity contribution in [1.82, 2.24) is 9.47 Å². The summed E-state index contributed by atoms with van der Waals surface area (Å²) in [6.07, 6.45) is 3.20. The Labute approximate surface area is 129 Å². The van der Waals surface area contributed by atoms with Crippen molar-refractivity contribution in [3.05, 3.63) is 28.2 Å². The van der Waals surface area contributed by atoms with E-state index in [0.717, 1.165) is 12.8 Å². The minimum absolute atomic E-state index is 0.0307. The highest BCUT2D eigenvalue weighted by molar-refractivity contribution is 5.72. The molecule has 22 heavy (non-hydrogen) atoms.